The number of fused-ring (bicyclic) bond motifs is 1. The molecule has 114 valence electrons. The standard InChI is InChI=1S/C16H10BrN3O2S/c17-12-7-6-11(22-12)15(21)19-14-13(10-4-2-1-3-5-10)18-16-20(14)8-9-23-16/h1-9H,(H,19,21). The summed E-state index contributed by atoms with van der Waals surface area (Å²) < 4.78 is 7.69. The van der Waals surface area contributed by atoms with E-state index in [1.54, 1.807) is 12.1 Å². The summed E-state index contributed by atoms with van der Waals surface area (Å²) in [6, 6.07) is 13.1. The van der Waals surface area contributed by atoms with Crippen LogP contribution >= 0.6 is 27.3 Å². The third-order valence-electron chi connectivity index (χ3n) is 3.34. The number of halogens is 1. The summed E-state index contributed by atoms with van der Waals surface area (Å²) in [5.41, 5.74) is 1.68. The van der Waals surface area contributed by atoms with Gasteiger partial charge in [0.1, 0.15) is 11.5 Å². The fourth-order valence-corrected chi connectivity index (χ4v) is 3.33. The van der Waals surface area contributed by atoms with Crippen molar-refractivity contribution in [3.05, 3.63) is 64.5 Å². The van der Waals surface area contributed by atoms with E-state index < -0.39 is 0 Å². The summed E-state index contributed by atoms with van der Waals surface area (Å²) in [5, 5.41) is 4.83. The highest BCUT2D eigenvalue weighted by Gasteiger charge is 2.19. The lowest BCUT2D eigenvalue weighted by Crippen LogP contribution is -2.13. The minimum atomic E-state index is -0.319. The predicted molar refractivity (Wildman–Crippen MR) is 92.9 cm³/mol. The number of carbonyl (C=O) groups excluding carboxylic acids is 1. The molecule has 0 atom stereocenters. The number of carbonyl (C=O) groups is 1. The lowest BCUT2D eigenvalue weighted by atomic mass is 10.1. The summed E-state index contributed by atoms with van der Waals surface area (Å²) in [7, 11) is 0. The van der Waals surface area contributed by atoms with Crippen LogP contribution in [0, 0.1) is 0 Å². The van der Waals surface area contributed by atoms with Crippen LogP contribution in [0.4, 0.5) is 5.82 Å². The number of nitrogens with zero attached hydrogens (tertiary/aromatic N) is 2. The van der Waals surface area contributed by atoms with Crippen LogP contribution in [0.25, 0.3) is 16.2 Å². The molecule has 0 unspecified atom stereocenters. The Labute approximate surface area is 143 Å². The number of furan rings is 1. The van der Waals surface area contributed by atoms with Gasteiger partial charge in [0.15, 0.2) is 15.4 Å². The average molecular weight is 388 g/mol. The number of benzene rings is 1. The van der Waals surface area contributed by atoms with Crippen LogP contribution in [0.2, 0.25) is 0 Å². The monoisotopic (exact) mass is 387 g/mol. The van der Waals surface area contributed by atoms with Crippen LogP contribution in [0.15, 0.2) is 63.1 Å². The molecular formula is C16H10BrN3O2S. The molecule has 1 aromatic carbocycles. The first-order valence-corrected chi connectivity index (χ1v) is 8.47. The Morgan fingerprint density at radius 2 is 2.04 bits per heavy atom. The molecule has 0 fully saturated rings. The Morgan fingerprint density at radius 1 is 1.22 bits per heavy atom. The van der Waals surface area contributed by atoms with E-state index in [1.165, 1.54) is 11.3 Å². The van der Waals surface area contributed by atoms with Gasteiger partial charge in [-0.2, -0.15) is 0 Å². The largest absolute Gasteiger partial charge is 0.444 e. The van der Waals surface area contributed by atoms with E-state index >= 15 is 0 Å². The quantitative estimate of drug-likeness (QED) is 0.555. The molecule has 1 amide bonds. The summed E-state index contributed by atoms with van der Waals surface area (Å²) in [6.07, 6.45) is 1.88. The van der Waals surface area contributed by atoms with Crippen molar-refractivity contribution in [1.29, 1.82) is 0 Å². The molecule has 0 spiro atoms. The van der Waals surface area contributed by atoms with E-state index in [-0.39, 0.29) is 11.7 Å². The van der Waals surface area contributed by atoms with Gasteiger partial charge in [-0.05, 0) is 28.1 Å². The molecule has 5 nitrogen and oxygen atoms in total. The summed E-state index contributed by atoms with van der Waals surface area (Å²) in [4.78, 5) is 17.9. The number of rotatable bonds is 3. The fraction of sp³-hybridized carbons (Fsp3) is 0. The third-order valence-corrected chi connectivity index (χ3v) is 4.52. The lowest BCUT2D eigenvalue weighted by Gasteiger charge is -2.05. The van der Waals surface area contributed by atoms with Gasteiger partial charge in [-0.3, -0.25) is 9.20 Å². The van der Waals surface area contributed by atoms with E-state index in [4.69, 9.17) is 4.42 Å². The van der Waals surface area contributed by atoms with Crippen LogP contribution in [-0.4, -0.2) is 15.3 Å². The number of imidazole rings is 1. The molecule has 1 N–H and O–H groups in total. The predicted octanol–water partition coefficient (Wildman–Crippen LogP) is 4.67. The van der Waals surface area contributed by atoms with Crippen LogP contribution in [-0.2, 0) is 0 Å². The van der Waals surface area contributed by atoms with Gasteiger partial charge in [-0.15, -0.1) is 11.3 Å². The molecule has 0 aliphatic rings. The third kappa shape index (κ3) is 2.58. The summed E-state index contributed by atoms with van der Waals surface area (Å²) in [6.45, 7) is 0. The first-order valence-electron chi connectivity index (χ1n) is 6.80. The highest BCUT2D eigenvalue weighted by Crippen LogP contribution is 2.31. The van der Waals surface area contributed by atoms with E-state index in [1.807, 2.05) is 46.3 Å². The second-order valence-corrected chi connectivity index (χ2v) is 6.44. The van der Waals surface area contributed by atoms with Crippen molar-refractivity contribution in [2.24, 2.45) is 0 Å². The SMILES string of the molecule is O=C(Nc1c(-c2ccccc2)nc2sccn12)c1ccc(Br)o1. The Kier molecular flexibility index (Phi) is 3.51. The maximum Gasteiger partial charge on any atom is 0.292 e. The number of hydrogen-bond donors (Lipinski definition) is 1. The van der Waals surface area contributed by atoms with Gasteiger partial charge >= 0.3 is 0 Å². The molecule has 23 heavy (non-hydrogen) atoms. The van der Waals surface area contributed by atoms with Gasteiger partial charge in [0.25, 0.3) is 5.91 Å². The zero-order chi connectivity index (χ0) is 15.8. The Balaban J connectivity index is 1.79. The van der Waals surface area contributed by atoms with Crippen molar-refractivity contribution >= 4 is 44.0 Å². The molecule has 0 radical (unpaired) electrons. The van der Waals surface area contributed by atoms with Gasteiger partial charge in [0.05, 0.1) is 0 Å². The maximum absolute atomic E-state index is 12.4. The minimum absolute atomic E-state index is 0.237. The maximum atomic E-state index is 12.4. The van der Waals surface area contributed by atoms with Crippen molar-refractivity contribution in [2.45, 2.75) is 0 Å². The summed E-state index contributed by atoms with van der Waals surface area (Å²) >= 11 is 4.71. The van der Waals surface area contributed by atoms with Gasteiger partial charge in [-0.25, -0.2) is 4.98 Å². The minimum Gasteiger partial charge on any atom is -0.444 e. The number of aromatic nitrogens is 2. The van der Waals surface area contributed by atoms with Gasteiger partial charge in [0.2, 0.25) is 0 Å². The zero-order valence-electron chi connectivity index (χ0n) is 11.7. The highest BCUT2D eigenvalue weighted by molar-refractivity contribution is 9.10. The average Bonchev–Trinajstić information content (AvgIpc) is 3.25. The molecular weight excluding hydrogens is 378 g/mol. The molecule has 3 heterocycles. The van der Waals surface area contributed by atoms with Gasteiger partial charge < -0.3 is 9.73 Å². The van der Waals surface area contributed by atoms with Crippen LogP contribution in [0.3, 0.4) is 0 Å². The number of nitrogens with one attached hydrogen (secondary N) is 1. The van der Waals surface area contributed by atoms with Crippen LogP contribution in [0.5, 0.6) is 0 Å². The van der Waals surface area contributed by atoms with Crippen molar-refractivity contribution in [2.75, 3.05) is 5.32 Å². The number of hydrogen-bond acceptors (Lipinski definition) is 4. The topological polar surface area (TPSA) is 59.5 Å². The molecule has 4 aromatic rings. The van der Waals surface area contributed by atoms with Crippen molar-refractivity contribution < 1.29 is 9.21 Å². The Hall–Kier alpha value is -2.38. The second-order valence-electron chi connectivity index (χ2n) is 4.79. The second kappa shape index (κ2) is 5.68. The molecule has 0 bridgehead atoms. The van der Waals surface area contributed by atoms with E-state index in [2.05, 4.69) is 26.2 Å². The first kappa shape index (κ1) is 14.2. The highest BCUT2D eigenvalue weighted by atomic mass is 79.9. The molecule has 4 rings (SSSR count). The Bertz CT molecular complexity index is 987. The van der Waals surface area contributed by atoms with Crippen LogP contribution < -0.4 is 5.32 Å². The van der Waals surface area contributed by atoms with Crippen LogP contribution in [0.1, 0.15) is 10.6 Å². The van der Waals surface area contributed by atoms with Gasteiger partial charge in [0, 0.05) is 17.1 Å². The fourth-order valence-electron chi connectivity index (χ4n) is 2.31. The van der Waals surface area contributed by atoms with Crippen molar-refractivity contribution in [3.8, 4) is 11.3 Å². The van der Waals surface area contributed by atoms with Gasteiger partial charge in [-0.1, -0.05) is 30.3 Å². The normalized spacial score (nSPS) is 11.0. The molecule has 3 aromatic heterocycles. The molecule has 7 heteroatoms. The van der Waals surface area contributed by atoms with E-state index in [0.717, 1.165) is 16.2 Å². The number of anilines is 1. The van der Waals surface area contributed by atoms with Crippen molar-refractivity contribution in [3.63, 3.8) is 0 Å². The first-order chi connectivity index (χ1) is 11.2. The van der Waals surface area contributed by atoms with Crippen molar-refractivity contribution in [1.82, 2.24) is 9.38 Å². The molecule has 0 aliphatic carbocycles. The number of amides is 1. The molecule has 0 saturated heterocycles. The lowest BCUT2D eigenvalue weighted by molar-refractivity contribution is 0.0995. The summed E-state index contributed by atoms with van der Waals surface area (Å²) in [5.74, 6) is 0.548. The zero-order valence-corrected chi connectivity index (χ0v) is 14.1. The smallest absolute Gasteiger partial charge is 0.292 e. The molecule has 0 aliphatic heterocycles. The van der Waals surface area contributed by atoms with E-state index in [0.29, 0.717) is 10.5 Å². The number of thiazole rings is 1. The molecule has 0 saturated carbocycles. The van der Waals surface area contributed by atoms with E-state index in [9.17, 15) is 4.79 Å². The Morgan fingerprint density at radius 3 is 2.78 bits per heavy atom.